The topological polar surface area (TPSA) is 105 Å². The Balaban J connectivity index is 1.38. The van der Waals surface area contributed by atoms with Crippen LogP contribution in [-0.2, 0) is 23.0 Å². The second kappa shape index (κ2) is 8.37. The Bertz CT molecular complexity index is 1530. The van der Waals surface area contributed by atoms with Crippen molar-refractivity contribution in [1.82, 2.24) is 19.3 Å². The summed E-state index contributed by atoms with van der Waals surface area (Å²) >= 11 is 0. The Hall–Kier alpha value is -3.40. The van der Waals surface area contributed by atoms with Gasteiger partial charge in [-0.3, -0.25) is 4.98 Å². The van der Waals surface area contributed by atoms with Crippen molar-refractivity contribution in [2.45, 2.75) is 30.8 Å². The minimum Gasteiger partial charge on any atom is -0.351 e. The summed E-state index contributed by atoms with van der Waals surface area (Å²) in [6.45, 7) is 4.18. The third kappa shape index (κ3) is 3.85. The maximum absolute atomic E-state index is 13.0. The molecule has 2 aromatic carbocycles. The van der Waals surface area contributed by atoms with E-state index in [1.54, 1.807) is 18.6 Å². The van der Waals surface area contributed by atoms with Crippen molar-refractivity contribution >= 4 is 26.7 Å². The Morgan fingerprint density at radius 1 is 1.03 bits per heavy atom. The molecule has 1 saturated heterocycles. The highest BCUT2D eigenvalue weighted by Crippen LogP contribution is 2.34. The molecule has 0 unspecified atom stereocenters. The molecule has 4 heterocycles. The number of pyridine rings is 1. The number of hydrogen-bond donors (Lipinski definition) is 1. The van der Waals surface area contributed by atoms with Crippen LogP contribution in [0.3, 0.4) is 0 Å². The molecular formula is C26H26N6O2S. The number of aromatic nitrogens is 3. The van der Waals surface area contributed by atoms with Gasteiger partial charge in [-0.2, -0.15) is 4.31 Å². The number of anilines is 1. The van der Waals surface area contributed by atoms with Crippen molar-refractivity contribution in [2.24, 2.45) is 5.73 Å². The number of sulfonamides is 1. The monoisotopic (exact) mass is 486 g/mol. The van der Waals surface area contributed by atoms with Crippen molar-refractivity contribution in [2.75, 3.05) is 24.5 Å². The van der Waals surface area contributed by atoms with Crippen LogP contribution in [0.5, 0.6) is 0 Å². The van der Waals surface area contributed by atoms with Gasteiger partial charge in [-0.05, 0) is 65.9 Å². The van der Waals surface area contributed by atoms with Crippen molar-refractivity contribution in [1.29, 1.82) is 0 Å². The van der Waals surface area contributed by atoms with Crippen LogP contribution in [0.4, 0.5) is 5.82 Å². The van der Waals surface area contributed by atoms with Gasteiger partial charge in [0.15, 0.2) is 0 Å². The van der Waals surface area contributed by atoms with Gasteiger partial charge >= 0.3 is 0 Å². The molecule has 0 radical (unpaired) electrons. The van der Waals surface area contributed by atoms with Crippen LogP contribution in [0.2, 0.25) is 0 Å². The molecule has 35 heavy (non-hydrogen) atoms. The van der Waals surface area contributed by atoms with Gasteiger partial charge in [0, 0.05) is 55.6 Å². The number of aryl methyl sites for hydroxylation is 1. The molecule has 178 valence electrons. The summed E-state index contributed by atoms with van der Waals surface area (Å²) in [5, 5.41) is 0.980. The summed E-state index contributed by atoms with van der Waals surface area (Å²) in [7, 11) is -3.52. The van der Waals surface area contributed by atoms with Crippen LogP contribution in [0.1, 0.15) is 16.7 Å². The average molecular weight is 487 g/mol. The van der Waals surface area contributed by atoms with Crippen LogP contribution in [0.25, 0.3) is 22.0 Å². The SMILES string of the molecule is Cc1cc(-c2cccnc2)cc2c(N3CCc4ccc(S(=O)(=O)N5CC(N)C5)cc4C3)ncnc12. The zero-order valence-electron chi connectivity index (χ0n) is 19.4. The van der Waals surface area contributed by atoms with Crippen LogP contribution in [-0.4, -0.2) is 53.4 Å². The Labute approximate surface area is 204 Å². The number of fused-ring (bicyclic) bond motifs is 2. The van der Waals surface area contributed by atoms with E-state index < -0.39 is 10.0 Å². The zero-order valence-corrected chi connectivity index (χ0v) is 20.2. The fraction of sp³-hybridized carbons (Fsp3) is 0.269. The molecule has 0 atom stereocenters. The Kier molecular flexibility index (Phi) is 5.28. The highest BCUT2D eigenvalue weighted by Gasteiger charge is 2.35. The van der Waals surface area contributed by atoms with E-state index in [1.807, 2.05) is 30.5 Å². The van der Waals surface area contributed by atoms with Crippen LogP contribution >= 0.6 is 0 Å². The summed E-state index contributed by atoms with van der Waals surface area (Å²) in [5.41, 5.74) is 12.1. The van der Waals surface area contributed by atoms with Crippen molar-refractivity contribution in [3.8, 4) is 11.1 Å². The molecule has 6 rings (SSSR count). The molecule has 2 aliphatic heterocycles. The first kappa shape index (κ1) is 22.1. The first-order chi connectivity index (χ1) is 16.9. The fourth-order valence-corrected chi connectivity index (χ4v) is 6.58. The number of nitrogens with two attached hydrogens (primary N) is 1. The van der Waals surface area contributed by atoms with E-state index in [4.69, 9.17) is 5.73 Å². The number of rotatable bonds is 4. The quantitative estimate of drug-likeness (QED) is 0.473. The standard InChI is InChI=1S/C26H26N6O2S/c1-17-9-20(19-3-2-7-28-12-19)11-24-25(17)29-16-30-26(24)31-8-6-18-4-5-23(10-21(18)13-31)35(33,34)32-14-22(27)15-32/h2-5,7,9-12,16,22H,6,8,13-15,27H2,1H3. The maximum atomic E-state index is 13.0. The van der Waals surface area contributed by atoms with E-state index in [9.17, 15) is 8.42 Å². The van der Waals surface area contributed by atoms with Crippen LogP contribution in [0.15, 0.2) is 66.1 Å². The van der Waals surface area contributed by atoms with E-state index in [0.717, 1.165) is 51.9 Å². The smallest absolute Gasteiger partial charge is 0.243 e. The minimum absolute atomic E-state index is 0.0797. The molecule has 2 aromatic heterocycles. The molecular weight excluding hydrogens is 460 g/mol. The molecule has 8 nitrogen and oxygen atoms in total. The van der Waals surface area contributed by atoms with E-state index in [0.29, 0.717) is 24.5 Å². The molecule has 4 aromatic rings. The predicted molar refractivity (Wildman–Crippen MR) is 135 cm³/mol. The number of hydrogen-bond acceptors (Lipinski definition) is 7. The van der Waals surface area contributed by atoms with Crippen molar-refractivity contribution < 1.29 is 8.42 Å². The first-order valence-corrected chi connectivity index (χ1v) is 13.1. The van der Waals surface area contributed by atoms with Gasteiger partial charge in [-0.15, -0.1) is 0 Å². The summed E-state index contributed by atoms with van der Waals surface area (Å²) in [6, 6.07) is 13.6. The van der Waals surface area contributed by atoms with Gasteiger partial charge in [0.05, 0.1) is 10.4 Å². The molecule has 9 heteroatoms. The highest BCUT2D eigenvalue weighted by molar-refractivity contribution is 7.89. The second-order valence-corrected chi connectivity index (χ2v) is 11.3. The fourth-order valence-electron chi connectivity index (χ4n) is 4.97. The molecule has 2 N–H and O–H groups in total. The first-order valence-electron chi connectivity index (χ1n) is 11.7. The lowest BCUT2D eigenvalue weighted by atomic mass is 9.98. The Morgan fingerprint density at radius 2 is 1.89 bits per heavy atom. The molecule has 1 fully saturated rings. The third-order valence-electron chi connectivity index (χ3n) is 6.91. The number of nitrogens with zero attached hydrogens (tertiary/aromatic N) is 5. The van der Waals surface area contributed by atoms with Gasteiger partial charge < -0.3 is 10.6 Å². The summed E-state index contributed by atoms with van der Waals surface area (Å²) in [6.07, 6.45) is 6.05. The normalized spacial score (nSPS) is 16.8. The summed E-state index contributed by atoms with van der Waals surface area (Å²) < 4.78 is 27.5. The van der Waals surface area contributed by atoms with E-state index in [-0.39, 0.29) is 6.04 Å². The van der Waals surface area contributed by atoms with E-state index >= 15 is 0 Å². The maximum Gasteiger partial charge on any atom is 0.243 e. The third-order valence-corrected chi connectivity index (χ3v) is 8.73. The highest BCUT2D eigenvalue weighted by atomic mass is 32.2. The lowest BCUT2D eigenvalue weighted by Gasteiger charge is -2.36. The van der Waals surface area contributed by atoms with Crippen LogP contribution in [0, 0.1) is 6.92 Å². The van der Waals surface area contributed by atoms with Gasteiger partial charge in [0.25, 0.3) is 0 Å². The minimum atomic E-state index is -3.52. The van der Waals surface area contributed by atoms with E-state index in [2.05, 4.69) is 38.9 Å². The second-order valence-electron chi connectivity index (χ2n) is 9.31. The lowest BCUT2D eigenvalue weighted by molar-refractivity contribution is 0.265. The molecule has 2 aliphatic rings. The lowest BCUT2D eigenvalue weighted by Crippen LogP contribution is -2.57. The summed E-state index contributed by atoms with van der Waals surface area (Å²) in [4.78, 5) is 16.0. The molecule has 0 aliphatic carbocycles. The van der Waals surface area contributed by atoms with Crippen molar-refractivity contribution in [3.05, 3.63) is 77.9 Å². The Morgan fingerprint density at radius 3 is 2.66 bits per heavy atom. The van der Waals surface area contributed by atoms with Gasteiger partial charge in [0.1, 0.15) is 12.1 Å². The average Bonchev–Trinajstić information content (AvgIpc) is 2.86. The zero-order chi connectivity index (χ0) is 24.2. The largest absolute Gasteiger partial charge is 0.351 e. The van der Waals surface area contributed by atoms with Crippen molar-refractivity contribution in [3.63, 3.8) is 0 Å². The number of benzene rings is 2. The van der Waals surface area contributed by atoms with E-state index in [1.165, 1.54) is 9.87 Å². The molecule has 0 saturated carbocycles. The summed E-state index contributed by atoms with van der Waals surface area (Å²) in [5.74, 6) is 0.858. The molecule has 0 spiro atoms. The van der Waals surface area contributed by atoms with Crippen LogP contribution < -0.4 is 10.6 Å². The van der Waals surface area contributed by atoms with Gasteiger partial charge in [-0.1, -0.05) is 12.1 Å². The predicted octanol–water partition coefficient (Wildman–Crippen LogP) is 2.89. The molecule has 0 amide bonds. The van der Waals surface area contributed by atoms with Gasteiger partial charge in [0.2, 0.25) is 10.0 Å². The molecule has 0 bridgehead atoms. The van der Waals surface area contributed by atoms with Gasteiger partial charge in [-0.25, -0.2) is 18.4 Å².